The van der Waals surface area contributed by atoms with Gasteiger partial charge in [-0.1, -0.05) is 15.9 Å². The molecule has 122 valence electrons. The summed E-state index contributed by atoms with van der Waals surface area (Å²) in [5.41, 5.74) is 0.334. The molecule has 0 radical (unpaired) electrons. The molecular weight excluding hydrogens is 366 g/mol. The van der Waals surface area contributed by atoms with Crippen LogP contribution >= 0.6 is 15.9 Å². The zero-order valence-electron chi connectivity index (χ0n) is 12.7. The van der Waals surface area contributed by atoms with Gasteiger partial charge < -0.3 is 19.1 Å². The maximum Gasteiger partial charge on any atom is 0.356 e. The Bertz CT molecular complexity index is 721. The van der Waals surface area contributed by atoms with Crippen molar-refractivity contribution in [3.05, 3.63) is 46.2 Å². The van der Waals surface area contributed by atoms with Crippen molar-refractivity contribution in [2.24, 2.45) is 0 Å². The van der Waals surface area contributed by atoms with Crippen molar-refractivity contribution in [2.45, 2.75) is 13.8 Å². The number of hydrogen-bond acceptors (Lipinski definition) is 5. The van der Waals surface area contributed by atoms with Gasteiger partial charge >= 0.3 is 11.9 Å². The molecule has 0 saturated carbocycles. The van der Waals surface area contributed by atoms with Gasteiger partial charge in [-0.15, -0.1) is 0 Å². The van der Waals surface area contributed by atoms with Crippen LogP contribution in [0.25, 0.3) is 5.69 Å². The predicted molar refractivity (Wildman–Crippen MR) is 87.0 cm³/mol. The molecule has 1 N–H and O–H groups in total. The van der Waals surface area contributed by atoms with Gasteiger partial charge in [-0.2, -0.15) is 0 Å². The van der Waals surface area contributed by atoms with Crippen molar-refractivity contribution in [1.82, 2.24) is 4.57 Å². The summed E-state index contributed by atoms with van der Waals surface area (Å²) >= 11 is 3.33. The second-order valence-electron chi connectivity index (χ2n) is 4.53. The Hall–Kier alpha value is -2.28. The van der Waals surface area contributed by atoms with Crippen LogP contribution in [0.3, 0.4) is 0 Å². The molecule has 2 rings (SSSR count). The summed E-state index contributed by atoms with van der Waals surface area (Å²) in [6.45, 7) is 3.58. The zero-order valence-corrected chi connectivity index (χ0v) is 14.3. The smallest absolute Gasteiger partial charge is 0.356 e. The van der Waals surface area contributed by atoms with Crippen LogP contribution in [-0.4, -0.2) is 34.8 Å². The van der Waals surface area contributed by atoms with E-state index in [1.807, 2.05) is 0 Å². The van der Waals surface area contributed by atoms with E-state index in [-0.39, 0.29) is 30.2 Å². The lowest BCUT2D eigenvalue weighted by molar-refractivity contribution is 0.0471. The average Bonchev–Trinajstić information content (AvgIpc) is 2.86. The van der Waals surface area contributed by atoms with E-state index in [2.05, 4.69) is 15.9 Å². The highest BCUT2D eigenvalue weighted by molar-refractivity contribution is 9.10. The summed E-state index contributed by atoms with van der Waals surface area (Å²) in [7, 11) is 0. The van der Waals surface area contributed by atoms with E-state index in [1.54, 1.807) is 38.1 Å². The highest BCUT2D eigenvalue weighted by Gasteiger charge is 2.29. The fourth-order valence-electron chi connectivity index (χ4n) is 2.10. The number of hydrogen-bond donors (Lipinski definition) is 1. The Morgan fingerprint density at radius 2 is 1.65 bits per heavy atom. The lowest BCUT2D eigenvalue weighted by Crippen LogP contribution is -2.16. The minimum Gasteiger partial charge on any atom is -0.505 e. The number of rotatable bonds is 5. The van der Waals surface area contributed by atoms with Crippen LogP contribution in [0.2, 0.25) is 0 Å². The number of aromatic nitrogens is 1. The van der Waals surface area contributed by atoms with Crippen molar-refractivity contribution in [3.63, 3.8) is 0 Å². The number of nitrogens with zero attached hydrogens (tertiary/aromatic N) is 1. The molecular formula is C16H16BrNO5. The number of carbonyl (C=O) groups excluding carboxylic acids is 2. The standard InChI is InChI=1S/C16H16BrNO5/c1-3-22-15(20)13-12(19)9-18(14(13)16(21)23-4-2)11-7-5-10(17)6-8-11/h5-9,19H,3-4H2,1-2H3. The fourth-order valence-corrected chi connectivity index (χ4v) is 2.37. The highest BCUT2D eigenvalue weighted by atomic mass is 79.9. The van der Waals surface area contributed by atoms with Crippen LogP contribution in [0, 0.1) is 0 Å². The number of benzene rings is 1. The van der Waals surface area contributed by atoms with Crippen LogP contribution in [0.1, 0.15) is 34.7 Å². The topological polar surface area (TPSA) is 77.8 Å². The minimum atomic E-state index is -0.774. The Morgan fingerprint density at radius 1 is 1.09 bits per heavy atom. The molecule has 7 heteroatoms. The van der Waals surface area contributed by atoms with Crippen LogP contribution in [-0.2, 0) is 9.47 Å². The number of esters is 2. The molecule has 0 aliphatic rings. The first-order chi connectivity index (χ1) is 11.0. The van der Waals surface area contributed by atoms with Gasteiger partial charge in [-0.25, -0.2) is 9.59 Å². The minimum absolute atomic E-state index is 0.0647. The fraction of sp³-hybridized carbons (Fsp3) is 0.250. The molecule has 0 aliphatic carbocycles. The molecule has 0 amide bonds. The Kier molecular flexibility index (Phi) is 5.44. The third-order valence-corrected chi connectivity index (χ3v) is 3.57. The summed E-state index contributed by atoms with van der Waals surface area (Å²) in [6, 6.07) is 7.04. The van der Waals surface area contributed by atoms with Gasteiger partial charge in [0.25, 0.3) is 0 Å². The van der Waals surface area contributed by atoms with Crippen LogP contribution in [0.15, 0.2) is 34.9 Å². The summed E-state index contributed by atoms with van der Waals surface area (Å²) in [6.07, 6.45) is 1.29. The quantitative estimate of drug-likeness (QED) is 0.803. The van der Waals surface area contributed by atoms with Gasteiger partial charge in [-0.05, 0) is 38.1 Å². The normalized spacial score (nSPS) is 10.4. The van der Waals surface area contributed by atoms with Crippen molar-refractivity contribution < 1.29 is 24.2 Å². The first-order valence-electron chi connectivity index (χ1n) is 7.04. The van der Waals surface area contributed by atoms with E-state index < -0.39 is 11.9 Å². The van der Waals surface area contributed by atoms with Crippen LogP contribution in [0.5, 0.6) is 5.75 Å². The van der Waals surface area contributed by atoms with E-state index in [1.165, 1.54) is 10.8 Å². The molecule has 1 aromatic heterocycles. The largest absolute Gasteiger partial charge is 0.505 e. The molecule has 0 bridgehead atoms. The van der Waals surface area contributed by atoms with E-state index >= 15 is 0 Å². The second-order valence-corrected chi connectivity index (χ2v) is 5.44. The van der Waals surface area contributed by atoms with E-state index in [4.69, 9.17) is 9.47 Å². The van der Waals surface area contributed by atoms with E-state index in [0.29, 0.717) is 5.69 Å². The van der Waals surface area contributed by atoms with Crippen molar-refractivity contribution >= 4 is 27.9 Å². The average molecular weight is 382 g/mol. The Morgan fingerprint density at radius 3 is 2.22 bits per heavy atom. The van der Waals surface area contributed by atoms with Gasteiger partial charge in [0.05, 0.1) is 19.4 Å². The summed E-state index contributed by atoms with van der Waals surface area (Å²) in [4.78, 5) is 24.4. The predicted octanol–water partition coefficient (Wildman–Crippen LogP) is 3.30. The molecule has 0 atom stereocenters. The summed E-state index contributed by atoms with van der Waals surface area (Å²) in [5, 5.41) is 10.1. The maximum absolute atomic E-state index is 12.3. The number of ether oxygens (including phenoxy) is 2. The van der Waals surface area contributed by atoms with Gasteiger partial charge in [0.15, 0.2) is 5.69 Å². The molecule has 1 heterocycles. The molecule has 0 unspecified atom stereocenters. The SMILES string of the molecule is CCOC(=O)c1c(O)cn(-c2ccc(Br)cc2)c1C(=O)OCC. The van der Waals surface area contributed by atoms with Gasteiger partial charge in [-0.3, -0.25) is 0 Å². The number of carbonyl (C=O) groups is 2. The third-order valence-electron chi connectivity index (χ3n) is 3.04. The van der Waals surface area contributed by atoms with E-state index in [9.17, 15) is 14.7 Å². The van der Waals surface area contributed by atoms with Crippen molar-refractivity contribution in [3.8, 4) is 11.4 Å². The first-order valence-corrected chi connectivity index (χ1v) is 7.83. The van der Waals surface area contributed by atoms with Gasteiger partial charge in [0.2, 0.25) is 0 Å². The second kappa shape index (κ2) is 7.32. The Labute approximate surface area is 141 Å². The Balaban J connectivity index is 2.62. The summed E-state index contributed by atoms with van der Waals surface area (Å²) in [5.74, 6) is -1.82. The lowest BCUT2D eigenvalue weighted by atomic mass is 10.2. The molecule has 23 heavy (non-hydrogen) atoms. The number of halogens is 1. The lowest BCUT2D eigenvalue weighted by Gasteiger charge is -2.10. The van der Waals surface area contributed by atoms with Crippen LogP contribution in [0.4, 0.5) is 0 Å². The summed E-state index contributed by atoms with van der Waals surface area (Å²) < 4.78 is 12.2. The molecule has 0 fully saturated rings. The highest BCUT2D eigenvalue weighted by Crippen LogP contribution is 2.29. The molecule has 2 aromatic rings. The van der Waals surface area contributed by atoms with Crippen molar-refractivity contribution in [2.75, 3.05) is 13.2 Å². The van der Waals surface area contributed by atoms with Gasteiger partial charge in [0.1, 0.15) is 11.3 Å². The van der Waals surface area contributed by atoms with Gasteiger partial charge in [0, 0.05) is 10.2 Å². The molecule has 1 aromatic carbocycles. The first kappa shape index (κ1) is 17.1. The van der Waals surface area contributed by atoms with Crippen molar-refractivity contribution in [1.29, 1.82) is 0 Å². The van der Waals surface area contributed by atoms with E-state index in [0.717, 1.165) is 4.47 Å². The zero-order chi connectivity index (χ0) is 17.0. The molecule has 0 saturated heterocycles. The monoisotopic (exact) mass is 381 g/mol. The molecule has 0 aliphatic heterocycles. The molecule has 0 spiro atoms. The number of aromatic hydroxyl groups is 1. The molecule has 6 nitrogen and oxygen atoms in total. The third kappa shape index (κ3) is 3.56. The van der Waals surface area contributed by atoms with Crippen LogP contribution < -0.4 is 0 Å². The maximum atomic E-state index is 12.3.